The van der Waals surface area contributed by atoms with E-state index in [0.29, 0.717) is 12.0 Å². The van der Waals surface area contributed by atoms with Crippen LogP contribution in [0, 0.1) is 5.82 Å². The van der Waals surface area contributed by atoms with Gasteiger partial charge in [0.2, 0.25) is 0 Å². The first-order chi connectivity index (χ1) is 8.85. The largest absolute Gasteiger partial charge is 0.490 e. The molecule has 19 heavy (non-hydrogen) atoms. The maximum atomic E-state index is 13.6. The third-order valence-electron chi connectivity index (χ3n) is 2.78. The lowest BCUT2D eigenvalue weighted by molar-refractivity contribution is 0.301. The number of benzene rings is 1. The average molecular weight is 289 g/mol. The molecule has 0 radical (unpaired) electrons. The van der Waals surface area contributed by atoms with Crippen molar-refractivity contribution in [3.8, 4) is 5.75 Å². The maximum absolute atomic E-state index is 13.6. The molecule has 0 heterocycles. The number of halogens is 1. The van der Waals surface area contributed by atoms with Crippen molar-refractivity contribution in [2.24, 2.45) is 5.73 Å². The van der Waals surface area contributed by atoms with Crippen LogP contribution in [0.3, 0.4) is 0 Å². The van der Waals surface area contributed by atoms with Gasteiger partial charge in [-0.15, -0.1) is 0 Å². The van der Waals surface area contributed by atoms with Gasteiger partial charge in [-0.05, 0) is 31.0 Å². The van der Waals surface area contributed by atoms with Crippen LogP contribution in [0.5, 0.6) is 5.75 Å². The van der Waals surface area contributed by atoms with Crippen LogP contribution in [0.25, 0.3) is 0 Å². The standard InChI is InChI=1S/C13H20FNO3S/c1-3-19(16,17)8-4-7-18-13-6-5-11(10(2)15)9-12(13)14/h5-6,9-10H,3-4,7-8,15H2,1-2H3. The summed E-state index contributed by atoms with van der Waals surface area (Å²) in [6.45, 7) is 3.54. The lowest BCUT2D eigenvalue weighted by Gasteiger charge is -2.10. The molecule has 1 atom stereocenters. The van der Waals surface area contributed by atoms with E-state index in [0.717, 1.165) is 0 Å². The van der Waals surface area contributed by atoms with Crippen LogP contribution < -0.4 is 10.5 Å². The van der Waals surface area contributed by atoms with Crippen molar-refractivity contribution in [2.75, 3.05) is 18.1 Å². The second-order valence-electron chi connectivity index (χ2n) is 4.42. The Morgan fingerprint density at radius 2 is 2.11 bits per heavy atom. The number of hydrogen-bond donors (Lipinski definition) is 1. The van der Waals surface area contributed by atoms with Gasteiger partial charge in [0.05, 0.1) is 12.4 Å². The van der Waals surface area contributed by atoms with Gasteiger partial charge >= 0.3 is 0 Å². The lowest BCUT2D eigenvalue weighted by Crippen LogP contribution is -2.12. The minimum absolute atomic E-state index is 0.0586. The Labute approximate surface area is 113 Å². The number of rotatable bonds is 7. The van der Waals surface area contributed by atoms with Crippen molar-refractivity contribution < 1.29 is 17.5 Å². The van der Waals surface area contributed by atoms with Crippen molar-refractivity contribution in [3.05, 3.63) is 29.6 Å². The van der Waals surface area contributed by atoms with Crippen molar-refractivity contribution >= 4 is 9.84 Å². The minimum atomic E-state index is -2.99. The normalized spacial score (nSPS) is 13.3. The molecule has 0 saturated heterocycles. The average Bonchev–Trinajstić information content (AvgIpc) is 2.36. The van der Waals surface area contributed by atoms with Crippen LogP contribution >= 0.6 is 0 Å². The summed E-state index contributed by atoms with van der Waals surface area (Å²) in [5, 5.41) is 0. The van der Waals surface area contributed by atoms with E-state index < -0.39 is 15.7 Å². The summed E-state index contributed by atoms with van der Waals surface area (Å²) in [7, 11) is -2.99. The van der Waals surface area contributed by atoms with E-state index in [1.54, 1.807) is 19.9 Å². The third-order valence-corrected chi connectivity index (χ3v) is 4.57. The summed E-state index contributed by atoms with van der Waals surface area (Å²) in [6.07, 6.45) is 0.352. The van der Waals surface area contributed by atoms with Crippen molar-refractivity contribution in [1.29, 1.82) is 0 Å². The summed E-state index contributed by atoms with van der Waals surface area (Å²) in [5.74, 6) is -0.181. The Bertz CT molecular complexity index is 515. The van der Waals surface area contributed by atoms with Crippen LogP contribution in [0.4, 0.5) is 4.39 Å². The van der Waals surface area contributed by atoms with Gasteiger partial charge in [-0.25, -0.2) is 12.8 Å². The van der Waals surface area contributed by atoms with E-state index >= 15 is 0 Å². The molecule has 0 amide bonds. The van der Waals surface area contributed by atoms with Gasteiger partial charge in [0.25, 0.3) is 0 Å². The van der Waals surface area contributed by atoms with E-state index in [-0.39, 0.29) is 29.9 Å². The number of ether oxygens (including phenoxy) is 1. The van der Waals surface area contributed by atoms with Crippen LogP contribution in [0.15, 0.2) is 18.2 Å². The Morgan fingerprint density at radius 1 is 1.42 bits per heavy atom. The molecule has 0 saturated carbocycles. The van der Waals surface area contributed by atoms with Crippen LogP contribution in [0.1, 0.15) is 31.9 Å². The molecule has 0 aromatic heterocycles. The summed E-state index contributed by atoms with van der Waals surface area (Å²) >= 11 is 0. The first kappa shape index (κ1) is 15.9. The summed E-state index contributed by atoms with van der Waals surface area (Å²) in [5.41, 5.74) is 6.34. The zero-order valence-electron chi connectivity index (χ0n) is 11.2. The van der Waals surface area contributed by atoms with Crippen LogP contribution in [0.2, 0.25) is 0 Å². The first-order valence-corrected chi connectivity index (χ1v) is 8.06. The quantitative estimate of drug-likeness (QED) is 0.780. The monoisotopic (exact) mass is 289 g/mol. The molecule has 1 unspecified atom stereocenters. The number of sulfone groups is 1. The SMILES string of the molecule is CCS(=O)(=O)CCCOc1ccc(C(C)N)cc1F. The van der Waals surface area contributed by atoms with E-state index in [1.165, 1.54) is 12.1 Å². The third kappa shape index (κ3) is 5.16. The van der Waals surface area contributed by atoms with Crippen LogP contribution in [-0.2, 0) is 9.84 Å². The molecule has 108 valence electrons. The number of nitrogens with two attached hydrogens (primary N) is 1. The number of hydrogen-bond acceptors (Lipinski definition) is 4. The molecule has 0 bridgehead atoms. The predicted molar refractivity (Wildman–Crippen MR) is 73.4 cm³/mol. The predicted octanol–water partition coefficient (Wildman–Crippen LogP) is 2.05. The molecule has 0 spiro atoms. The van der Waals surface area contributed by atoms with Crippen molar-refractivity contribution in [2.45, 2.75) is 26.3 Å². The second-order valence-corrected chi connectivity index (χ2v) is 6.89. The van der Waals surface area contributed by atoms with Gasteiger partial charge in [0.15, 0.2) is 11.6 Å². The summed E-state index contributed by atoms with van der Waals surface area (Å²) in [6, 6.07) is 4.31. The molecule has 6 heteroatoms. The fraction of sp³-hybridized carbons (Fsp3) is 0.538. The smallest absolute Gasteiger partial charge is 0.165 e. The first-order valence-electron chi connectivity index (χ1n) is 6.24. The molecule has 0 aliphatic carbocycles. The Balaban J connectivity index is 2.50. The van der Waals surface area contributed by atoms with E-state index in [2.05, 4.69) is 0 Å². The molecule has 1 rings (SSSR count). The molecule has 1 aromatic carbocycles. The van der Waals surface area contributed by atoms with E-state index in [9.17, 15) is 12.8 Å². The summed E-state index contributed by atoms with van der Waals surface area (Å²) in [4.78, 5) is 0. The Kier molecular flexibility index (Phi) is 5.75. The topological polar surface area (TPSA) is 69.4 Å². The fourth-order valence-electron chi connectivity index (χ4n) is 1.52. The van der Waals surface area contributed by atoms with Gasteiger partial charge in [0.1, 0.15) is 9.84 Å². The highest BCUT2D eigenvalue weighted by atomic mass is 32.2. The molecule has 0 aliphatic rings. The van der Waals surface area contributed by atoms with Gasteiger partial charge < -0.3 is 10.5 Å². The van der Waals surface area contributed by atoms with Gasteiger partial charge in [-0.3, -0.25) is 0 Å². The minimum Gasteiger partial charge on any atom is -0.490 e. The zero-order chi connectivity index (χ0) is 14.5. The van der Waals surface area contributed by atoms with Gasteiger partial charge in [-0.1, -0.05) is 13.0 Å². The van der Waals surface area contributed by atoms with Crippen LogP contribution in [-0.4, -0.2) is 26.5 Å². The second kappa shape index (κ2) is 6.86. The maximum Gasteiger partial charge on any atom is 0.165 e. The highest BCUT2D eigenvalue weighted by molar-refractivity contribution is 7.91. The van der Waals surface area contributed by atoms with Gasteiger partial charge in [-0.2, -0.15) is 0 Å². The molecule has 1 aromatic rings. The molecular formula is C13H20FNO3S. The zero-order valence-corrected chi connectivity index (χ0v) is 12.0. The lowest BCUT2D eigenvalue weighted by atomic mass is 10.1. The molecule has 0 aliphatic heterocycles. The van der Waals surface area contributed by atoms with E-state index in [4.69, 9.17) is 10.5 Å². The molecular weight excluding hydrogens is 269 g/mol. The molecule has 2 N–H and O–H groups in total. The molecule has 4 nitrogen and oxygen atoms in total. The highest BCUT2D eigenvalue weighted by Crippen LogP contribution is 2.21. The molecule has 0 fully saturated rings. The van der Waals surface area contributed by atoms with Gasteiger partial charge in [0, 0.05) is 11.8 Å². The Morgan fingerprint density at radius 3 is 2.63 bits per heavy atom. The fourth-order valence-corrected chi connectivity index (χ4v) is 2.37. The van der Waals surface area contributed by atoms with E-state index in [1.807, 2.05) is 0 Å². The Hall–Kier alpha value is -1.14. The van der Waals surface area contributed by atoms with Crippen molar-refractivity contribution in [1.82, 2.24) is 0 Å². The highest BCUT2D eigenvalue weighted by Gasteiger charge is 2.09. The summed E-state index contributed by atoms with van der Waals surface area (Å²) < 4.78 is 41.4. The van der Waals surface area contributed by atoms with Crippen molar-refractivity contribution in [3.63, 3.8) is 0 Å².